The lowest BCUT2D eigenvalue weighted by Gasteiger charge is -2.42. The first-order valence-electron chi connectivity index (χ1n) is 7.49. The van der Waals surface area contributed by atoms with E-state index in [1.165, 1.54) is 31.2 Å². The summed E-state index contributed by atoms with van der Waals surface area (Å²) in [6, 6.07) is 15.1. The van der Waals surface area contributed by atoms with Crippen LogP contribution in [0.15, 0.2) is 30.3 Å². The van der Waals surface area contributed by atoms with Crippen molar-refractivity contribution in [1.82, 2.24) is 4.90 Å². The predicted molar refractivity (Wildman–Crippen MR) is 76.5 cm³/mol. The van der Waals surface area contributed by atoms with Crippen LogP contribution in [0.4, 0.5) is 0 Å². The van der Waals surface area contributed by atoms with Gasteiger partial charge < -0.3 is 0 Å². The maximum absolute atomic E-state index is 8.90. The third-order valence-electron chi connectivity index (χ3n) is 5.00. The molecule has 2 aliphatic rings. The SMILES string of the molecule is CC(c1ccccc1)N1C2CCC1CC(CC#N)C2. The number of piperidine rings is 1. The number of hydrogen-bond acceptors (Lipinski definition) is 2. The average Bonchev–Trinajstić information content (AvgIpc) is 2.71. The molecule has 1 aromatic carbocycles. The Balaban J connectivity index is 1.75. The number of hydrogen-bond donors (Lipinski definition) is 0. The van der Waals surface area contributed by atoms with Crippen molar-refractivity contribution in [2.75, 3.05) is 0 Å². The van der Waals surface area contributed by atoms with Gasteiger partial charge in [0, 0.05) is 24.5 Å². The minimum atomic E-state index is 0.515. The third-order valence-corrected chi connectivity index (χ3v) is 5.00. The lowest BCUT2D eigenvalue weighted by atomic mass is 9.87. The number of rotatable bonds is 3. The van der Waals surface area contributed by atoms with Gasteiger partial charge in [0.25, 0.3) is 0 Å². The summed E-state index contributed by atoms with van der Waals surface area (Å²) >= 11 is 0. The number of nitriles is 1. The van der Waals surface area contributed by atoms with E-state index in [-0.39, 0.29) is 0 Å². The molecule has 3 rings (SSSR count). The average molecular weight is 254 g/mol. The number of fused-ring (bicyclic) bond motifs is 2. The molecule has 0 aromatic heterocycles. The first-order chi connectivity index (χ1) is 9.29. The highest BCUT2D eigenvalue weighted by Gasteiger charge is 2.42. The van der Waals surface area contributed by atoms with Crippen molar-refractivity contribution >= 4 is 0 Å². The fraction of sp³-hybridized carbons (Fsp3) is 0.588. The second kappa shape index (κ2) is 5.35. The molecule has 19 heavy (non-hydrogen) atoms. The molecule has 2 fully saturated rings. The molecular formula is C17H22N2. The molecule has 3 atom stereocenters. The van der Waals surface area contributed by atoms with E-state index < -0.39 is 0 Å². The smallest absolute Gasteiger partial charge is 0.0624 e. The Morgan fingerprint density at radius 3 is 2.42 bits per heavy atom. The normalized spacial score (nSPS) is 31.9. The molecule has 0 N–H and O–H groups in total. The monoisotopic (exact) mass is 254 g/mol. The molecule has 0 radical (unpaired) electrons. The maximum atomic E-state index is 8.90. The molecule has 2 aliphatic heterocycles. The van der Waals surface area contributed by atoms with E-state index in [0.29, 0.717) is 24.0 Å². The van der Waals surface area contributed by atoms with Crippen LogP contribution in [0, 0.1) is 17.2 Å². The molecule has 0 spiro atoms. The Bertz CT molecular complexity index is 448. The molecule has 0 saturated carbocycles. The summed E-state index contributed by atoms with van der Waals surface area (Å²) in [5.74, 6) is 0.640. The van der Waals surface area contributed by atoms with Crippen LogP contribution in [0.2, 0.25) is 0 Å². The standard InChI is InChI=1S/C17H22N2/c1-13(15-5-3-2-4-6-15)19-16-7-8-17(19)12-14(11-16)9-10-18/h2-6,13-14,16-17H,7-9,11-12H2,1H3. The van der Waals surface area contributed by atoms with Gasteiger partial charge in [0.05, 0.1) is 6.07 Å². The van der Waals surface area contributed by atoms with Crippen molar-refractivity contribution in [3.05, 3.63) is 35.9 Å². The summed E-state index contributed by atoms with van der Waals surface area (Å²) in [4.78, 5) is 2.73. The number of benzene rings is 1. The van der Waals surface area contributed by atoms with E-state index in [2.05, 4.69) is 48.2 Å². The van der Waals surface area contributed by atoms with Crippen LogP contribution < -0.4 is 0 Å². The van der Waals surface area contributed by atoms with Crippen LogP contribution in [-0.2, 0) is 0 Å². The van der Waals surface area contributed by atoms with Gasteiger partial charge in [0.15, 0.2) is 0 Å². The van der Waals surface area contributed by atoms with Gasteiger partial charge in [-0.2, -0.15) is 5.26 Å². The highest BCUT2D eigenvalue weighted by Crippen LogP contribution is 2.44. The van der Waals surface area contributed by atoms with Crippen molar-refractivity contribution in [2.24, 2.45) is 5.92 Å². The highest BCUT2D eigenvalue weighted by atomic mass is 15.2. The molecular weight excluding hydrogens is 232 g/mol. The Hall–Kier alpha value is -1.33. The fourth-order valence-electron chi connectivity index (χ4n) is 4.16. The molecule has 2 heterocycles. The Morgan fingerprint density at radius 2 is 1.84 bits per heavy atom. The molecule has 0 aliphatic carbocycles. The van der Waals surface area contributed by atoms with Gasteiger partial charge in [-0.1, -0.05) is 30.3 Å². The second-order valence-corrected chi connectivity index (χ2v) is 6.12. The van der Waals surface area contributed by atoms with Crippen molar-refractivity contribution in [3.63, 3.8) is 0 Å². The van der Waals surface area contributed by atoms with Crippen molar-refractivity contribution in [2.45, 2.75) is 57.2 Å². The van der Waals surface area contributed by atoms with Crippen LogP contribution >= 0.6 is 0 Å². The summed E-state index contributed by atoms with van der Waals surface area (Å²) in [6.07, 6.45) is 5.84. The maximum Gasteiger partial charge on any atom is 0.0624 e. The lowest BCUT2D eigenvalue weighted by molar-refractivity contribution is 0.0670. The van der Waals surface area contributed by atoms with Crippen LogP contribution in [-0.4, -0.2) is 17.0 Å². The van der Waals surface area contributed by atoms with Crippen molar-refractivity contribution in [3.8, 4) is 6.07 Å². The van der Waals surface area contributed by atoms with E-state index in [1.807, 2.05) is 0 Å². The zero-order chi connectivity index (χ0) is 13.2. The van der Waals surface area contributed by atoms with Crippen molar-refractivity contribution < 1.29 is 0 Å². The fourth-order valence-corrected chi connectivity index (χ4v) is 4.16. The van der Waals surface area contributed by atoms with Gasteiger partial charge in [0.2, 0.25) is 0 Å². The Kier molecular flexibility index (Phi) is 3.57. The quantitative estimate of drug-likeness (QED) is 0.818. The predicted octanol–water partition coefficient (Wildman–Crippen LogP) is 3.90. The van der Waals surface area contributed by atoms with E-state index in [1.54, 1.807) is 0 Å². The van der Waals surface area contributed by atoms with E-state index in [0.717, 1.165) is 6.42 Å². The van der Waals surface area contributed by atoms with Crippen LogP contribution in [0.25, 0.3) is 0 Å². The molecule has 100 valence electrons. The summed E-state index contributed by atoms with van der Waals surface area (Å²) in [5, 5.41) is 8.90. The van der Waals surface area contributed by atoms with Gasteiger partial charge in [-0.3, -0.25) is 4.90 Å². The van der Waals surface area contributed by atoms with Gasteiger partial charge in [-0.15, -0.1) is 0 Å². The van der Waals surface area contributed by atoms with Gasteiger partial charge in [-0.05, 0) is 44.1 Å². The molecule has 3 unspecified atom stereocenters. The van der Waals surface area contributed by atoms with Gasteiger partial charge in [-0.25, -0.2) is 0 Å². The molecule has 2 heteroatoms. The number of nitrogens with zero attached hydrogens (tertiary/aromatic N) is 2. The summed E-state index contributed by atoms with van der Waals surface area (Å²) in [6.45, 7) is 2.34. The molecule has 0 amide bonds. The Morgan fingerprint density at radius 1 is 1.21 bits per heavy atom. The summed E-state index contributed by atoms with van der Waals surface area (Å²) in [5.41, 5.74) is 1.43. The van der Waals surface area contributed by atoms with E-state index in [4.69, 9.17) is 5.26 Å². The van der Waals surface area contributed by atoms with Gasteiger partial charge >= 0.3 is 0 Å². The zero-order valence-electron chi connectivity index (χ0n) is 11.6. The first kappa shape index (κ1) is 12.7. The van der Waals surface area contributed by atoms with Gasteiger partial charge in [0.1, 0.15) is 0 Å². The van der Waals surface area contributed by atoms with Crippen LogP contribution in [0.1, 0.15) is 50.6 Å². The van der Waals surface area contributed by atoms with E-state index in [9.17, 15) is 0 Å². The lowest BCUT2D eigenvalue weighted by Crippen LogP contribution is -2.44. The largest absolute Gasteiger partial charge is 0.291 e. The minimum Gasteiger partial charge on any atom is -0.291 e. The van der Waals surface area contributed by atoms with Crippen LogP contribution in [0.3, 0.4) is 0 Å². The van der Waals surface area contributed by atoms with Crippen LogP contribution in [0.5, 0.6) is 0 Å². The summed E-state index contributed by atoms with van der Waals surface area (Å²) in [7, 11) is 0. The Labute approximate surface area is 116 Å². The third kappa shape index (κ3) is 2.40. The molecule has 2 nitrogen and oxygen atoms in total. The summed E-state index contributed by atoms with van der Waals surface area (Å²) < 4.78 is 0. The highest BCUT2D eigenvalue weighted by molar-refractivity contribution is 5.19. The first-order valence-corrected chi connectivity index (χ1v) is 7.49. The molecule has 2 saturated heterocycles. The van der Waals surface area contributed by atoms with E-state index >= 15 is 0 Å². The minimum absolute atomic E-state index is 0.515. The topological polar surface area (TPSA) is 27.0 Å². The zero-order valence-corrected chi connectivity index (χ0v) is 11.6. The second-order valence-electron chi connectivity index (χ2n) is 6.12. The molecule has 1 aromatic rings. The van der Waals surface area contributed by atoms with Crippen molar-refractivity contribution in [1.29, 1.82) is 5.26 Å². The molecule has 2 bridgehead atoms.